The van der Waals surface area contributed by atoms with Crippen molar-refractivity contribution < 1.29 is 13.2 Å². The minimum atomic E-state index is -3.76. The van der Waals surface area contributed by atoms with Crippen LogP contribution < -0.4 is 10.1 Å². The van der Waals surface area contributed by atoms with E-state index in [-0.39, 0.29) is 10.8 Å². The Morgan fingerprint density at radius 3 is 2.20 bits per heavy atom. The molecule has 0 saturated heterocycles. The number of anilines is 1. The van der Waals surface area contributed by atoms with Crippen LogP contribution in [0.15, 0.2) is 82.8 Å². The maximum absolute atomic E-state index is 12.5. The molecule has 3 rings (SSSR count). The molecule has 154 valence electrons. The number of carbonyl (C=O) groups excluding carboxylic acids is 1. The lowest BCUT2D eigenvalue weighted by Gasteiger charge is -2.09. The summed E-state index contributed by atoms with van der Waals surface area (Å²) in [5.74, 6) is -0.217. The van der Waals surface area contributed by atoms with Gasteiger partial charge < -0.3 is 5.32 Å². The first-order valence-corrected chi connectivity index (χ1v) is 10.8. The fourth-order valence-electron chi connectivity index (χ4n) is 2.77. The fourth-order valence-corrected chi connectivity index (χ4v) is 3.63. The van der Waals surface area contributed by atoms with Crippen molar-refractivity contribution in [2.45, 2.75) is 25.7 Å². The van der Waals surface area contributed by atoms with Crippen molar-refractivity contribution in [2.24, 2.45) is 5.10 Å². The van der Waals surface area contributed by atoms with E-state index in [1.807, 2.05) is 32.0 Å². The molecule has 0 spiro atoms. The second-order valence-electron chi connectivity index (χ2n) is 7.01. The van der Waals surface area contributed by atoms with Crippen molar-refractivity contribution in [3.8, 4) is 0 Å². The number of hydrogen-bond donors (Lipinski definition) is 2. The first-order chi connectivity index (χ1) is 14.2. The van der Waals surface area contributed by atoms with E-state index in [1.165, 1.54) is 12.1 Å². The summed E-state index contributed by atoms with van der Waals surface area (Å²) in [5.41, 5.74) is 4.28. The van der Waals surface area contributed by atoms with Crippen molar-refractivity contribution in [1.29, 1.82) is 0 Å². The maximum atomic E-state index is 12.5. The van der Waals surface area contributed by atoms with Gasteiger partial charge in [-0.25, -0.2) is 0 Å². The molecule has 0 aliphatic carbocycles. The van der Waals surface area contributed by atoms with Crippen molar-refractivity contribution >= 4 is 27.3 Å². The number of nitrogens with zero attached hydrogens (tertiary/aromatic N) is 1. The predicted molar refractivity (Wildman–Crippen MR) is 119 cm³/mol. The second kappa shape index (κ2) is 8.92. The Kier molecular flexibility index (Phi) is 6.32. The minimum absolute atomic E-state index is 0.142. The van der Waals surface area contributed by atoms with Crippen LogP contribution in [0.3, 0.4) is 0 Å². The quantitative estimate of drug-likeness (QED) is 0.460. The third-order valence-electron chi connectivity index (χ3n) is 4.48. The standard InChI is InChI=1S/C23H23N3O3S/c1-16-10-12-22(13-11-16)30(28,29)26-25-18(3)19-7-5-9-21(15-19)24-23(27)20-8-4-6-17(2)14-20/h4-15,26H,1-3H3,(H,24,27)/b25-18+. The molecule has 0 radical (unpaired) electrons. The largest absolute Gasteiger partial charge is 0.322 e. The summed E-state index contributed by atoms with van der Waals surface area (Å²) in [7, 11) is -3.76. The predicted octanol–water partition coefficient (Wildman–Crippen LogP) is 4.26. The average Bonchev–Trinajstić information content (AvgIpc) is 2.72. The van der Waals surface area contributed by atoms with Crippen molar-refractivity contribution in [2.75, 3.05) is 5.32 Å². The molecule has 2 N–H and O–H groups in total. The Morgan fingerprint density at radius 1 is 0.833 bits per heavy atom. The molecule has 0 unspecified atom stereocenters. The van der Waals surface area contributed by atoms with Gasteiger partial charge in [0.2, 0.25) is 0 Å². The number of sulfonamides is 1. The Bertz CT molecular complexity index is 1200. The zero-order valence-electron chi connectivity index (χ0n) is 17.0. The van der Waals surface area contributed by atoms with Gasteiger partial charge >= 0.3 is 0 Å². The molecule has 3 aromatic carbocycles. The number of hydrogen-bond acceptors (Lipinski definition) is 4. The fraction of sp³-hybridized carbons (Fsp3) is 0.130. The van der Waals surface area contributed by atoms with E-state index in [2.05, 4.69) is 15.2 Å². The Labute approximate surface area is 176 Å². The number of benzene rings is 3. The lowest BCUT2D eigenvalue weighted by molar-refractivity contribution is 0.102. The van der Waals surface area contributed by atoms with Gasteiger partial charge in [0.05, 0.1) is 10.6 Å². The monoisotopic (exact) mass is 421 g/mol. The van der Waals surface area contributed by atoms with Gasteiger partial charge in [0.25, 0.3) is 15.9 Å². The Morgan fingerprint density at radius 2 is 1.50 bits per heavy atom. The second-order valence-corrected chi connectivity index (χ2v) is 8.67. The van der Waals surface area contributed by atoms with E-state index in [4.69, 9.17) is 0 Å². The summed E-state index contributed by atoms with van der Waals surface area (Å²) in [6.07, 6.45) is 0. The highest BCUT2D eigenvalue weighted by Gasteiger charge is 2.13. The van der Waals surface area contributed by atoms with Gasteiger partial charge in [0.1, 0.15) is 0 Å². The van der Waals surface area contributed by atoms with Crippen LogP contribution in [0.5, 0.6) is 0 Å². The summed E-state index contributed by atoms with van der Waals surface area (Å²) in [6, 6.07) is 20.9. The normalized spacial score (nSPS) is 11.8. The van der Waals surface area contributed by atoms with Crippen LogP contribution in [-0.4, -0.2) is 20.0 Å². The number of rotatable bonds is 6. The molecule has 3 aromatic rings. The van der Waals surface area contributed by atoms with E-state index in [1.54, 1.807) is 49.4 Å². The topological polar surface area (TPSA) is 87.6 Å². The van der Waals surface area contributed by atoms with Crippen LogP contribution in [-0.2, 0) is 10.0 Å². The molecular formula is C23H23N3O3S. The number of aryl methyl sites for hydroxylation is 2. The summed E-state index contributed by atoms with van der Waals surface area (Å²) in [5, 5.41) is 6.87. The molecule has 7 heteroatoms. The smallest absolute Gasteiger partial charge is 0.276 e. The SMILES string of the molecule is C/C(=N\NS(=O)(=O)c1ccc(C)cc1)c1cccc(NC(=O)c2cccc(C)c2)c1. The van der Waals surface area contributed by atoms with E-state index in [9.17, 15) is 13.2 Å². The molecule has 0 saturated carbocycles. The highest BCUT2D eigenvalue weighted by molar-refractivity contribution is 7.89. The van der Waals surface area contributed by atoms with Crippen LogP contribution in [0.2, 0.25) is 0 Å². The van der Waals surface area contributed by atoms with Gasteiger partial charge in [-0.2, -0.15) is 18.4 Å². The average molecular weight is 422 g/mol. The van der Waals surface area contributed by atoms with Gasteiger partial charge in [0, 0.05) is 11.3 Å². The maximum Gasteiger partial charge on any atom is 0.276 e. The summed E-state index contributed by atoms with van der Waals surface area (Å²) >= 11 is 0. The van der Waals surface area contributed by atoms with Crippen LogP contribution in [0.25, 0.3) is 0 Å². The zero-order valence-corrected chi connectivity index (χ0v) is 17.8. The molecule has 0 aromatic heterocycles. The molecular weight excluding hydrogens is 398 g/mol. The third kappa shape index (κ3) is 5.33. The number of carbonyl (C=O) groups is 1. The van der Waals surface area contributed by atoms with Crippen molar-refractivity contribution in [1.82, 2.24) is 4.83 Å². The van der Waals surface area contributed by atoms with Gasteiger partial charge in [-0.05, 0) is 62.7 Å². The van der Waals surface area contributed by atoms with E-state index >= 15 is 0 Å². The molecule has 0 heterocycles. The highest BCUT2D eigenvalue weighted by atomic mass is 32.2. The first kappa shape index (κ1) is 21.3. The molecule has 0 bridgehead atoms. The van der Waals surface area contributed by atoms with Crippen LogP contribution >= 0.6 is 0 Å². The molecule has 0 fully saturated rings. The molecule has 6 nitrogen and oxygen atoms in total. The molecule has 0 aliphatic heterocycles. The summed E-state index contributed by atoms with van der Waals surface area (Å²) < 4.78 is 24.8. The van der Waals surface area contributed by atoms with Gasteiger partial charge in [-0.15, -0.1) is 0 Å². The summed E-state index contributed by atoms with van der Waals surface area (Å²) in [6.45, 7) is 5.50. The van der Waals surface area contributed by atoms with Crippen LogP contribution in [0.4, 0.5) is 5.69 Å². The van der Waals surface area contributed by atoms with E-state index in [0.29, 0.717) is 22.5 Å². The Balaban J connectivity index is 1.74. The first-order valence-electron chi connectivity index (χ1n) is 9.36. The summed E-state index contributed by atoms with van der Waals surface area (Å²) in [4.78, 5) is 14.9. The highest BCUT2D eigenvalue weighted by Crippen LogP contribution is 2.15. The van der Waals surface area contributed by atoms with E-state index in [0.717, 1.165) is 11.1 Å². The number of hydrazone groups is 1. The molecule has 1 amide bonds. The third-order valence-corrected chi connectivity index (χ3v) is 5.71. The van der Waals surface area contributed by atoms with Crippen molar-refractivity contribution in [3.05, 3.63) is 95.1 Å². The number of nitrogens with one attached hydrogen (secondary N) is 2. The number of amides is 1. The van der Waals surface area contributed by atoms with Crippen molar-refractivity contribution in [3.63, 3.8) is 0 Å². The Hall–Kier alpha value is -3.45. The van der Waals surface area contributed by atoms with Gasteiger partial charge in [0.15, 0.2) is 0 Å². The van der Waals surface area contributed by atoms with Crippen LogP contribution in [0, 0.1) is 13.8 Å². The van der Waals surface area contributed by atoms with E-state index < -0.39 is 10.0 Å². The molecule has 0 aliphatic rings. The van der Waals surface area contributed by atoms with Gasteiger partial charge in [-0.3, -0.25) is 4.79 Å². The van der Waals surface area contributed by atoms with Crippen LogP contribution in [0.1, 0.15) is 34.0 Å². The zero-order chi connectivity index (χ0) is 21.7. The van der Waals surface area contributed by atoms with Gasteiger partial charge in [-0.1, -0.05) is 47.5 Å². The lowest BCUT2D eigenvalue weighted by atomic mass is 10.1. The molecule has 0 atom stereocenters. The lowest BCUT2D eigenvalue weighted by Crippen LogP contribution is -2.20. The minimum Gasteiger partial charge on any atom is -0.322 e. The molecule has 30 heavy (non-hydrogen) atoms.